The van der Waals surface area contributed by atoms with E-state index in [1.165, 1.54) is 0 Å². The van der Waals surface area contributed by atoms with E-state index in [4.69, 9.17) is 22.1 Å². The highest BCUT2D eigenvalue weighted by Crippen LogP contribution is 2.40. The Morgan fingerprint density at radius 1 is 1.72 bits per heavy atom. The molecule has 1 atom stereocenters. The fourth-order valence-corrected chi connectivity index (χ4v) is 2.20. The van der Waals surface area contributed by atoms with E-state index in [1.807, 2.05) is 6.92 Å². The van der Waals surface area contributed by atoms with E-state index in [0.717, 1.165) is 18.5 Å². The van der Waals surface area contributed by atoms with Gasteiger partial charge in [0.15, 0.2) is 0 Å². The highest BCUT2D eigenvalue weighted by Gasteiger charge is 2.49. The Hall–Kier alpha value is -1.07. The Morgan fingerprint density at radius 3 is 2.83 bits per heavy atom. The molecular weight excluding hydrogens is 254 g/mol. The second-order valence-corrected chi connectivity index (χ2v) is 5.18. The predicted octanol–water partition coefficient (Wildman–Crippen LogP) is 1.52. The van der Waals surface area contributed by atoms with Gasteiger partial charge in [0.1, 0.15) is 5.54 Å². The molecule has 1 aromatic rings. The molecule has 0 amide bonds. The van der Waals surface area contributed by atoms with E-state index >= 15 is 0 Å². The highest BCUT2D eigenvalue weighted by molar-refractivity contribution is 6.31. The second kappa shape index (κ2) is 4.90. The molecule has 2 rings (SSSR count). The summed E-state index contributed by atoms with van der Waals surface area (Å²) < 4.78 is 6.77. The zero-order chi connectivity index (χ0) is 13.3. The van der Waals surface area contributed by atoms with E-state index in [-0.39, 0.29) is 11.9 Å². The van der Waals surface area contributed by atoms with Gasteiger partial charge in [0.05, 0.1) is 30.1 Å². The molecule has 1 saturated carbocycles. The monoisotopic (exact) mass is 271 g/mol. The number of esters is 1. The standard InChI is InChI=1S/C12H18ClN3O2/c1-3-18-11(17)12(14,9-4-5-9)7-16-8(2)10(13)6-15-16/h6,9H,3-5,7,14H2,1-2H3. The third-order valence-corrected chi connectivity index (χ3v) is 3.79. The van der Waals surface area contributed by atoms with Gasteiger partial charge in [0, 0.05) is 0 Å². The minimum absolute atomic E-state index is 0.180. The number of hydrogen-bond donors (Lipinski definition) is 1. The van der Waals surface area contributed by atoms with Gasteiger partial charge in [-0.2, -0.15) is 5.10 Å². The summed E-state index contributed by atoms with van der Waals surface area (Å²) in [5.74, 6) is -0.169. The van der Waals surface area contributed by atoms with E-state index < -0.39 is 5.54 Å². The van der Waals surface area contributed by atoms with Crippen molar-refractivity contribution < 1.29 is 9.53 Å². The van der Waals surface area contributed by atoms with Crippen molar-refractivity contribution in [1.82, 2.24) is 9.78 Å². The lowest BCUT2D eigenvalue weighted by atomic mass is 9.94. The van der Waals surface area contributed by atoms with Crippen molar-refractivity contribution in [3.8, 4) is 0 Å². The van der Waals surface area contributed by atoms with Crippen molar-refractivity contribution in [2.45, 2.75) is 38.8 Å². The van der Waals surface area contributed by atoms with Gasteiger partial charge in [-0.15, -0.1) is 0 Å². The number of nitrogens with zero attached hydrogens (tertiary/aromatic N) is 2. The lowest BCUT2D eigenvalue weighted by Crippen LogP contribution is -2.54. The fraction of sp³-hybridized carbons (Fsp3) is 0.667. The normalized spacial score (nSPS) is 18.4. The highest BCUT2D eigenvalue weighted by atomic mass is 35.5. The van der Waals surface area contributed by atoms with Gasteiger partial charge in [-0.3, -0.25) is 4.68 Å². The van der Waals surface area contributed by atoms with Crippen LogP contribution >= 0.6 is 11.6 Å². The van der Waals surface area contributed by atoms with Gasteiger partial charge in [-0.1, -0.05) is 11.6 Å². The molecule has 1 aromatic heterocycles. The van der Waals surface area contributed by atoms with Crippen LogP contribution in [0, 0.1) is 12.8 Å². The first kappa shape index (κ1) is 13.4. The molecule has 0 aliphatic heterocycles. The maximum atomic E-state index is 12.0. The molecular formula is C12H18ClN3O2. The predicted molar refractivity (Wildman–Crippen MR) is 68.2 cm³/mol. The van der Waals surface area contributed by atoms with Gasteiger partial charge >= 0.3 is 5.97 Å². The van der Waals surface area contributed by atoms with Crippen molar-refractivity contribution in [1.29, 1.82) is 0 Å². The Morgan fingerprint density at radius 2 is 2.39 bits per heavy atom. The zero-order valence-electron chi connectivity index (χ0n) is 10.6. The molecule has 100 valence electrons. The summed E-state index contributed by atoms with van der Waals surface area (Å²) >= 11 is 5.95. The molecule has 1 unspecified atom stereocenters. The average molecular weight is 272 g/mol. The van der Waals surface area contributed by atoms with Crippen molar-refractivity contribution in [2.75, 3.05) is 6.61 Å². The van der Waals surface area contributed by atoms with Gasteiger partial charge in [-0.05, 0) is 32.6 Å². The number of hydrogen-bond acceptors (Lipinski definition) is 4. The van der Waals surface area contributed by atoms with Gasteiger partial charge in [0.25, 0.3) is 0 Å². The number of halogens is 1. The van der Waals surface area contributed by atoms with Crippen molar-refractivity contribution >= 4 is 17.6 Å². The van der Waals surface area contributed by atoms with Crippen LogP contribution in [0.5, 0.6) is 0 Å². The SMILES string of the molecule is CCOC(=O)C(N)(Cn1ncc(Cl)c1C)C1CC1. The molecule has 5 nitrogen and oxygen atoms in total. The first-order valence-electron chi connectivity index (χ1n) is 6.13. The Labute approximate surface area is 111 Å². The molecule has 0 aromatic carbocycles. The second-order valence-electron chi connectivity index (χ2n) is 4.77. The number of carbonyl (C=O) groups is 1. The lowest BCUT2D eigenvalue weighted by molar-refractivity contribution is -0.151. The Bertz CT molecular complexity index is 456. The number of ether oxygens (including phenoxy) is 1. The van der Waals surface area contributed by atoms with Crippen LogP contribution in [0.4, 0.5) is 0 Å². The van der Waals surface area contributed by atoms with Crippen LogP contribution in [-0.2, 0) is 16.1 Å². The molecule has 0 bridgehead atoms. The van der Waals surface area contributed by atoms with Crippen LogP contribution in [0.3, 0.4) is 0 Å². The topological polar surface area (TPSA) is 70.1 Å². The third kappa shape index (κ3) is 2.37. The van der Waals surface area contributed by atoms with E-state index in [9.17, 15) is 4.79 Å². The average Bonchev–Trinajstić information content (AvgIpc) is 3.13. The number of rotatable bonds is 5. The van der Waals surface area contributed by atoms with Gasteiger partial charge < -0.3 is 10.5 Å². The first-order valence-corrected chi connectivity index (χ1v) is 6.51. The summed E-state index contributed by atoms with van der Waals surface area (Å²) in [4.78, 5) is 12.0. The minimum atomic E-state index is -0.990. The number of aromatic nitrogens is 2. The van der Waals surface area contributed by atoms with Crippen LogP contribution in [0.15, 0.2) is 6.20 Å². The molecule has 0 spiro atoms. The van der Waals surface area contributed by atoms with Crippen LogP contribution < -0.4 is 5.73 Å². The number of nitrogens with two attached hydrogens (primary N) is 1. The molecule has 1 aliphatic rings. The molecule has 2 N–H and O–H groups in total. The van der Waals surface area contributed by atoms with Crippen molar-refractivity contribution in [3.05, 3.63) is 16.9 Å². The van der Waals surface area contributed by atoms with Crippen LogP contribution in [0.1, 0.15) is 25.5 Å². The maximum absolute atomic E-state index is 12.0. The molecule has 1 aliphatic carbocycles. The van der Waals surface area contributed by atoms with Crippen molar-refractivity contribution in [2.24, 2.45) is 11.7 Å². The van der Waals surface area contributed by atoms with Crippen LogP contribution in [0.25, 0.3) is 0 Å². The summed E-state index contributed by atoms with van der Waals surface area (Å²) in [7, 11) is 0. The smallest absolute Gasteiger partial charge is 0.328 e. The summed E-state index contributed by atoms with van der Waals surface area (Å²) in [6.45, 7) is 4.29. The summed E-state index contributed by atoms with van der Waals surface area (Å²) in [5.41, 5.74) is 6.09. The van der Waals surface area contributed by atoms with Crippen LogP contribution in [0.2, 0.25) is 5.02 Å². The molecule has 1 fully saturated rings. The summed E-state index contributed by atoms with van der Waals surface area (Å²) in [6, 6.07) is 0. The Kier molecular flexibility index (Phi) is 3.64. The fourth-order valence-electron chi connectivity index (χ4n) is 2.06. The van der Waals surface area contributed by atoms with Gasteiger partial charge in [-0.25, -0.2) is 4.79 Å². The van der Waals surface area contributed by atoms with E-state index in [1.54, 1.807) is 17.8 Å². The van der Waals surface area contributed by atoms with Crippen LogP contribution in [-0.4, -0.2) is 27.9 Å². The summed E-state index contributed by atoms with van der Waals surface area (Å²) in [5, 5.41) is 4.73. The van der Waals surface area contributed by atoms with Gasteiger partial charge in [0.2, 0.25) is 0 Å². The maximum Gasteiger partial charge on any atom is 0.328 e. The molecule has 1 heterocycles. The quantitative estimate of drug-likeness (QED) is 0.824. The minimum Gasteiger partial charge on any atom is -0.465 e. The largest absolute Gasteiger partial charge is 0.465 e. The van der Waals surface area contributed by atoms with Crippen molar-refractivity contribution in [3.63, 3.8) is 0 Å². The lowest BCUT2D eigenvalue weighted by Gasteiger charge is -2.27. The Balaban J connectivity index is 2.20. The molecule has 18 heavy (non-hydrogen) atoms. The molecule has 6 heteroatoms. The van der Waals surface area contributed by atoms with E-state index in [2.05, 4.69) is 5.10 Å². The molecule has 0 radical (unpaired) electrons. The summed E-state index contributed by atoms with van der Waals surface area (Å²) in [6.07, 6.45) is 3.49. The van der Waals surface area contributed by atoms with E-state index in [0.29, 0.717) is 18.2 Å². The zero-order valence-corrected chi connectivity index (χ0v) is 11.4. The number of carbonyl (C=O) groups excluding carboxylic acids is 1. The molecule has 0 saturated heterocycles. The first-order chi connectivity index (χ1) is 8.49. The third-order valence-electron chi connectivity index (χ3n) is 3.42.